The molecule has 0 saturated heterocycles. The van der Waals surface area contributed by atoms with E-state index in [2.05, 4.69) is 10.6 Å². The number of nitrogens with one attached hydrogen (secondary N) is 2. The van der Waals surface area contributed by atoms with E-state index in [0.29, 0.717) is 12.2 Å². The maximum atomic E-state index is 12.7. The van der Waals surface area contributed by atoms with Crippen LogP contribution in [0, 0.1) is 0 Å². The van der Waals surface area contributed by atoms with Gasteiger partial charge in [0.05, 0.1) is 6.04 Å². The molecule has 1 aromatic carbocycles. The number of carbonyl (C=O) groups excluding carboxylic acids is 3. The highest BCUT2D eigenvalue weighted by atomic mass is 32.2. The van der Waals surface area contributed by atoms with E-state index in [0.717, 1.165) is 5.56 Å². The van der Waals surface area contributed by atoms with Crippen LogP contribution in [-0.4, -0.2) is 58.9 Å². The summed E-state index contributed by atoms with van der Waals surface area (Å²) in [5, 5.41) is 14.5. The minimum Gasteiger partial charge on any atom is -0.480 e. The Morgan fingerprint density at radius 2 is 1.66 bits per heavy atom. The van der Waals surface area contributed by atoms with Crippen molar-refractivity contribution in [2.45, 2.75) is 43.8 Å². The average molecular weight is 425 g/mol. The van der Waals surface area contributed by atoms with E-state index in [1.807, 2.05) is 12.3 Å². The van der Waals surface area contributed by atoms with Crippen LogP contribution in [0.2, 0.25) is 0 Å². The van der Waals surface area contributed by atoms with E-state index in [9.17, 15) is 24.3 Å². The normalized spacial score (nSPS) is 13.7. The average Bonchev–Trinajstić information content (AvgIpc) is 2.69. The van der Waals surface area contributed by atoms with E-state index >= 15 is 0 Å². The van der Waals surface area contributed by atoms with E-state index in [-0.39, 0.29) is 19.3 Å². The topological polar surface area (TPSA) is 165 Å². The molecule has 9 nitrogen and oxygen atoms in total. The molecule has 1 aromatic rings. The van der Waals surface area contributed by atoms with Crippen molar-refractivity contribution in [3.63, 3.8) is 0 Å². The van der Waals surface area contributed by atoms with Crippen molar-refractivity contribution >= 4 is 35.5 Å². The Morgan fingerprint density at radius 1 is 1.03 bits per heavy atom. The molecule has 3 atom stereocenters. The Morgan fingerprint density at radius 3 is 2.21 bits per heavy atom. The van der Waals surface area contributed by atoms with Crippen LogP contribution in [0.1, 0.15) is 24.8 Å². The van der Waals surface area contributed by atoms with Gasteiger partial charge in [0.25, 0.3) is 0 Å². The summed E-state index contributed by atoms with van der Waals surface area (Å²) in [6, 6.07) is 5.85. The molecule has 0 spiro atoms. The number of hydrogen-bond acceptors (Lipinski definition) is 6. The minimum atomic E-state index is -1.17. The molecule has 0 bridgehead atoms. The number of benzene rings is 1. The summed E-state index contributed by atoms with van der Waals surface area (Å²) >= 11 is 1.48. The first-order valence-electron chi connectivity index (χ1n) is 9.14. The van der Waals surface area contributed by atoms with Crippen LogP contribution >= 0.6 is 11.8 Å². The van der Waals surface area contributed by atoms with Crippen molar-refractivity contribution in [1.82, 2.24) is 10.6 Å². The largest absolute Gasteiger partial charge is 0.480 e. The van der Waals surface area contributed by atoms with Crippen LogP contribution in [-0.2, 0) is 25.6 Å². The third-order valence-corrected chi connectivity index (χ3v) is 4.82. The van der Waals surface area contributed by atoms with Gasteiger partial charge in [0.15, 0.2) is 0 Å². The summed E-state index contributed by atoms with van der Waals surface area (Å²) < 4.78 is 0. The summed E-state index contributed by atoms with van der Waals surface area (Å²) in [5.41, 5.74) is 11.6. The van der Waals surface area contributed by atoms with E-state index in [1.165, 1.54) is 11.8 Å². The standard InChI is InChI=1S/C19H28N4O5S/c1-29-10-9-14(22-17(25)13(20)7-8-16(21)24)18(26)23-15(19(27)28)11-12-5-3-2-4-6-12/h2-6,13-15H,7-11,20H2,1H3,(H2,21,24)(H,22,25)(H,23,26)(H,27,28). The lowest BCUT2D eigenvalue weighted by atomic mass is 10.0. The first-order chi connectivity index (χ1) is 13.7. The van der Waals surface area contributed by atoms with Crippen LogP contribution in [0.3, 0.4) is 0 Å². The Hall–Kier alpha value is -2.59. The second kappa shape index (κ2) is 12.8. The Balaban J connectivity index is 2.78. The molecule has 29 heavy (non-hydrogen) atoms. The molecule has 0 aromatic heterocycles. The number of thioether (sulfide) groups is 1. The number of carbonyl (C=O) groups is 4. The van der Waals surface area contributed by atoms with Crippen molar-refractivity contribution in [3.05, 3.63) is 35.9 Å². The molecule has 0 radical (unpaired) electrons. The van der Waals surface area contributed by atoms with Crippen LogP contribution in [0.5, 0.6) is 0 Å². The Labute approximate surface area is 174 Å². The number of hydrogen-bond donors (Lipinski definition) is 5. The predicted octanol–water partition coefficient (Wildman–Crippen LogP) is -0.371. The highest BCUT2D eigenvalue weighted by Crippen LogP contribution is 2.07. The summed E-state index contributed by atoms with van der Waals surface area (Å²) in [6.07, 6.45) is 2.28. The molecule has 3 amide bonds. The maximum Gasteiger partial charge on any atom is 0.326 e. The first kappa shape index (κ1) is 24.4. The molecule has 0 fully saturated rings. The predicted molar refractivity (Wildman–Crippen MR) is 111 cm³/mol. The van der Waals surface area contributed by atoms with Gasteiger partial charge in [0.1, 0.15) is 12.1 Å². The molecule has 1 rings (SSSR count). The lowest BCUT2D eigenvalue weighted by Crippen LogP contribution is -2.55. The molecule has 160 valence electrons. The fraction of sp³-hybridized carbons (Fsp3) is 0.474. The van der Waals surface area contributed by atoms with Gasteiger partial charge in [-0.1, -0.05) is 30.3 Å². The van der Waals surface area contributed by atoms with Crippen molar-refractivity contribution in [2.24, 2.45) is 11.5 Å². The van der Waals surface area contributed by atoms with Gasteiger partial charge < -0.3 is 27.2 Å². The van der Waals surface area contributed by atoms with E-state index in [1.54, 1.807) is 24.3 Å². The summed E-state index contributed by atoms with van der Waals surface area (Å²) in [7, 11) is 0. The van der Waals surface area contributed by atoms with Crippen LogP contribution in [0.15, 0.2) is 30.3 Å². The fourth-order valence-electron chi connectivity index (χ4n) is 2.53. The molecule has 3 unspecified atom stereocenters. The summed E-state index contributed by atoms with van der Waals surface area (Å²) in [6.45, 7) is 0. The number of nitrogens with two attached hydrogens (primary N) is 2. The van der Waals surface area contributed by atoms with Crippen molar-refractivity contribution < 1.29 is 24.3 Å². The minimum absolute atomic E-state index is 0.0472. The van der Waals surface area contributed by atoms with Gasteiger partial charge in [0, 0.05) is 12.8 Å². The molecular weight excluding hydrogens is 396 g/mol. The smallest absolute Gasteiger partial charge is 0.326 e. The lowest BCUT2D eigenvalue weighted by molar-refractivity contribution is -0.142. The molecule has 0 aliphatic rings. The maximum absolute atomic E-state index is 12.7. The van der Waals surface area contributed by atoms with Gasteiger partial charge >= 0.3 is 5.97 Å². The highest BCUT2D eigenvalue weighted by molar-refractivity contribution is 7.98. The molecule has 0 heterocycles. The van der Waals surface area contributed by atoms with Crippen LogP contribution < -0.4 is 22.1 Å². The van der Waals surface area contributed by atoms with E-state index < -0.39 is 41.8 Å². The number of carboxylic acid groups (broad SMARTS) is 1. The SMILES string of the molecule is CSCCC(NC(=O)C(N)CCC(N)=O)C(=O)NC(Cc1ccccc1)C(=O)O. The quantitative estimate of drug-likeness (QED) is 0.288. The number of rotatable bonds is 13. The second-order valence-corrected chi connectivity index (χ2v) is 7.53. The second-order valence-electron chi connectivity index (χ2n) is 6.54. The number of carboxylic acids is 1. The van der Waals surface area contributed by atoms with Crippen molar-refractivity contribution in [3.8, 4) is 0 Å². The van der Waals surface area contributed by atoms with Gasteiger partial charge in [-0.3, -0.25) is 14.4 Å². The number of primary amides is 1. The highest BCUT2D eigenvalue weighted by Gasteiger charge is 2.28. The Bertz CT molecular complexity index is 701. The summed E-state index contributed by atoms with van der Waals surface area (Å²) in [4.78, 5) is 47.3. The lowest BCUT2D eigenvalue weighted by Gasteiger charge is -2.23. The van der Waals surface area contributed by atoms with Gasteiger partial charge in [-0.15, -0.1) is 0 Å². The zero-order valence-corrected chi connectivity index (χ0v) is 17.1. The van der Waals surface area contributed by atoms with Crippen molar-refractivity contribution in [1.29, 1.82) is 0 Å². The number of amides is 3. The van der Waals surface area contributed by atoms with Crippen LogP contribution in [0.4, 0.5) is 0 Å². The van der Waals surface area contributed by atoms with Crippen LogP contribution in [0.25, 0.3) is 0 Å². The number of aliphatic carboxylic acids is 1. The van der Waals surface area contributed by atoms with E-state index in [4.69, 9.17) is 11.5 Å². The zero-order valence-electron chi connectivity index (χ0n) is 16.3. The molecular formula is C19H28N4O5S. The van der Waals surface area contributed by atoms with Gasteiger partial charge in [-0.25, -0.2) is 4.79 Å². The van der Waals surface area contributed by atoms with Gasteiger partial charge in [-0.05, 0) is 30.4 Å². The van der Waals surface area contributed by atoms with Crippen molar-refractivity contribution in [2.75, 3.05) is 12.0 Å². The Kier molecular flexibility index (Phi) is 10.8. The van der Waals surface area contributed by atoms with Gasteiger partial charge in [0.2, 0.25) is 17.7 Å². The first-order valence-corrected chi connectivity index (χ1v) is 10.5. The molecule has 10 heteroatoms. The zero-order chi connectivity index (χ0) is 21.8. The summed E-state index contributed by atoms with van der Waals surface area (Å²) in [5.74, 6) is -2.36. The monoisotopic (exact) mass is 424 g/mol. The fourth-order valence-corrected chi connectivity index (χ4v) is 3.01. The third kappa shape index (κ3) is 9.44. The molecule has 7 N–H and O–H groups in total. The third-order valence-electron chi connectivity index (χ3n) is 4.18. The molecule has 0 aliphatic carbocycles. The molecule has 0 saturated carbocycles. The molecule has 0 aliphatic heterocycles. The van der Waals surface area contributed by atoms with Gasteiger partial charge in [-0.2, -0.15) is 11.8 Å².